The van der Waals surface area contributed by atoms with E-state index < -0.39 is 0 Å². The molecule has 0 aromatic rings. The second-order valence-corrected chi connectivity index (χ2v) is 6.65. The van der Waals surface area contributed by atoms with Crippen molar-refractivity contribution in [3.63, 3.8) is 0 Å². The first-order chi connectivity index (χ1) is 6.02. The second kappa shape index (κ2) is 12.9. The summed E-state index contributed by atoms with van der Waals surface area (Å²) in [6.07, 6.45) is 7.56. The number of allylic oxidation sites excluding steroid dienone is 4. The van der Waals surface area contributed by atoms with Crippen LogP contribution in [0.1, 0.15) is 20.3 Å². The van der Waals surface area contributed by atoms with Crippen molar-refractivity contribution in [3.05, 3.63) is 22.1 Å². The maximum atomic E-state index is 4.38. The molecule has 0 saturated heterocycles. The molecule has 85 valence electrons. The van der Waals surface area contributed by atoms with Gasteiger partial charge >= 0.3 is 49.0 Å². The molecule has 0 heterocycles. The van der Waals surface area contributed by atoms with E-state index in [0.29, 0.717) is 6.04 Å². The standard InChI is InChI=1S/C5H13NSi.C5H5.2ClH.Ti/c1-5(2)6-7(3)4;1-2-4-5-3-1;;;/h5H,1-4H3;1-3H,4H2;2*1H;/q;;;;+2/p-2. The zero-order valence-electron chi connectivity index (χ0n) is 9.72. The third kappa shape index (κ3) is 17.4. The summed E-state index contributed by atoms with van der Waals surface area (Å²) in [5.41, 5.74) is 0. The van der Waals surface area contributed by atoms with E-state index in [1.807, 2.05) is 0 Å². The van der Waals surface area contributed by atoms with Crippen molar-refractivity contribution in [2.75, 3.05) is 0 Å². The molecule has 0 unspecified atom stereocenters. The number of hydrogen-bond acceptors (Lipinski definition) is 1. The van der Waals surface area contributed by atoms with Crippen LogP contribution in [0, 0.1) is 0 Å². The molecular formula is C10H18Cl2NSiTi. The molecule has 0 aromatic heterocycles. The third-order valence-corrected chi connectivity index (χ3v) is 2.90. The van der Waals surface area contributed by atoms with Gasteiger partial charge in [-0.3, -0.25) is 0 Å². The van der Waals surface area contributed by atoms with Gasteiger partial charge in [0.25, 0.3) is 0 Å². The van der Waals surface area contributed by atoms with Crippen molar-refractivity contribution < 1.29 is 45.2 Å². The van der Waals surface area contributed by atoms with Gasteiger partial charge in [0, 0.05) is 6.04 Å². The molecular weight excluding hydrogens is 281 g/mol. The Balaban J connectivity index is -0.000000170. The number of hydrogen-bond donors (Lipinski definition) is 0. The van der Waals surface area contributed by atoms with Crippen molar-refractivity contribution in [2.24, 2.45) is 4.63 Å². The quantitative estimate of drug-likeness (QED) is 0.467. The summed E-state index contributed by atoms with van der Waals surface area (Å²) in [5, 5.41) is 0. The SMILES string of the molecule is CC(C)N=[Si](C)C.[Cl-].[Cl-].[Ti+2][C]1=CC=CC1. The van der Waals surface area contributed by atoms with Gasteiger partial charge < -0.3 is 29.4 Å². The van der Waals surface area contributed by atoms with Crippen LogP contribution in [-0.4, -0.2) is 14.6 Å². The van der Waals surface area contributed by atoms with E-state index in [1.54, 1.807) is 0 Å². The van der Waals surface area contributed by atoms with Gasteiger partial charge in [-0.05, 0) is 26.9 Å². The minimum atomic E-state index is -0.309. The zero-order valence-corrected chi connectivity index (χ0v) is 13.8. The van der Waals surface area contributed by atoms with Crippen LogP contribution in [0.15, 0.2) is 26.7 Å². The Morgan fingerprint density at radius 1 is 1.33 bits per heavy atom. The summed E-state index contributed by atoms with van der Waals surface area (Å²) in [5.74, 6) is 0. The second-order valence-electron chi connectivity index (χ2n) is 3.49. The predicted molar refractivity (Wildman–Crippen MR) is 56.9 cm³/mol. The molecule has 0 amide bonds. The van der Waals surface area contributed by atoms with Gasteiger partial charge in [0.15, 0.2) is 0 Å². The number of nitrogens with zero attached hydrogens (tertiary/aromatic N) is 1. The molecule has 0 radical (unpaired) electrons. The van der Waals surface area contributed by atoms with E-state index in [9.17, 15) is 0 Å². The van der Waals surface area contributed by atoms with Gasteiger partial charge in [0.2, 0.25) is 0 Å². The predicted octanol–water partition coefficient (Wildman–Crippen LogP) is -2.70. The summed E-state index contributed by atoms with van der Waals surface area (Å²) in [6, 6.07) is 0.545. The summed E-state index contributed by atoms with van der Waals surface area (Å²) >= 11 is 2.14. The Kier molecular flexibility index (Phi) is 18.1. The molecule has 1 nitrogen and oxygen atoms in total. The molecule has 0 N–H and O–H groups in total. The normalized spacial score (nSPS) is 11.8. The van der Waals surface area contributed by atoms with Crippen LogP contribution in [-0.2, 0) is 20.4 Å². The Hall–Kier alpha value is 0.791. The fourth-order valence-corrected chi connectivity index (χ4v) is 2.33. The van der Waals surface area contributed by atoms with Crippen LogP contribution in [0.25, 0.3) is 0 Å². The zero-order chi connectivity index (χ0) is 10.3. The monoisotopic (exact) mass is 298 g/mol. The third-order valence-electron chi connectivity index (χ3n) is 1.29. The molecule has 0 spiro atoms. The first kappa shape index (κ1) is 21.1. The van der Waals surface area contributed by atoms with Crippen molar-refractivity contribution in [1.29, 1.82) is 0 Å². The average Bonchev–Trinajstić information content (AvgIpc) is 2.37. The molecule has 0 aromatic carbocycles. The van der Waals surface area contributed by atoms with Crippen molar-refractivity contribution in [3.8, 4) is 0 Å². The summed E-state index contributed by atoms with van der Waals surface area (Å²) in [4.78, 5) is 0. The van der Waals surface area contributed by atoms with E-state index in [-0.39, 0.29) is 33.4 Å². The number of halogens is 2. The summed E-state index contributed by atoms with van der Waals surface area (Å²) in [6.45, 7) is 8.64. The van der Waals surface area contributed by atoms with Crippen LogP contribution in [0.2, 0.25) is 13.1 Å². The van der Waals surface area contributed by atoms with Crippen molar-refractivity contribution >= 4 is 8.59 Å². The van der Waals surface area contributed by atoms with Crippen LogP contribution in [0.3, 0.4) is 0 Å². The molecule has 5 heteroatoms. The summed E-state index contributed by atoms with van der Waals surface area (Å²) in [7, 11) is -0.309. The molecule has 0 aliphatic heterocycles. The molecule has 0 fully saturated rings. The van der Waals surface area contributed by atoms with Crippen molar-refractivity contribution in [1.82, 2.24) is 0 Å². The first-order valence-corrected chi connectivity index (χ1v) is 7.83. The van der Waals surface area contributed by atoms with Gasteiger partial charge in [-0.15, -0.1) is 0 Å². The maximum absolute atomic E-state index is 4.38. The van der Waals surface area contributed by atoms with Crippen LogP contribution < -0.4 is 24.8 Å². The van der Waals surface area contributed by atoms with Gasteiger partial charge in [-0.1, -0.05) is 0 Å². The van der Waals surface area contributed by atoms with Gasteiger partial charge in [-0.2, -0.15) is 0 Å². The van der Waals surface area contributed by atoms with E-state index >= 15 is 0 Å². The Labute approximate surface area is 119 Å². The van der Waals surface area contributed by atoms with E-state index in [4.69, 9.17) is 0 Å². The Morgan fingerprint density at radius 2 is 1.87 bits per heavy atom. The van der Waals surface area contributed by atoms with Crippen LogP contribution >= 0.6 is 0 Å². The van der Waals surface area contributed by atoms with Gasteiger partial charge in [0.05, 0.1) is 0 Å². The van der Waals surface area contributed by atoms with Crippen LogP contribution in [0.4, 0.5) is 0 Å². The molecule has 1 aliphatic rings. The summed E-state index contributed by atoms with van der Waals surface area (Å²) < 4.78 is 5.85. The molecule has 1 aliphatic carbocycles. The topological polar surface area (TPSA) is 12.4 Å². The molecule has 0 bridgehead atoms. The van der Waals surface area contributed by atoms with E-state index in [1.165, 1.54) is 10.3 Å². The molecule has 0 atom stereocenters. The average molecular weight is 299 g/mol. The van der Waals surface area contributed by atoms with E-state index in [2.05, 4.69) is 70.2 Å². The minimum absolute atomic E-state index is 0. The molecule has 0 saturated carbocycles. The van der Waals surface area contributed by atoms with Crippen molar-refractivity contribution in [2.45, 2.75) is 39.4 Å². The fraction of sp³-hybridized carbons (Fsp3) is 0.600. The van der Waals surface area contributed by atoms with Gasteiger partial charge in [-0.25, -0.2) is 0 Å². The fourth-order valence-electron chi connectivity index (χ4n) is 0.964. The Bertz CT molecular complexity index is 234. The Morgan fingerprint density at radius 3 is 1.93 bits per heavy atom. The van der Waals surface area contributed by atoms with Gasteiger partial charge in [0.1, 0.15) is 8.59 Å². The number of rotatable bonds is 1. The molecule has 1 rings (SSSR count). The van der Waals surface area contributed by atoms with Crippen LogP contribution in [0.5, 0.6) is 0 Å². The van der Waals surface area contributed by atoms with E-state index in [0.717, 1.165) is 0 Å². The first-order valence-electron chi connectivity index (χ1n) is 4.60. The molecule has 15 heavy (non-hydrogen) atoms.